The summed E-state index contributed by atoms with van der Waals surface area (Å²) in [6.45, 7) is 0. The quantitative estimate of drug-likeness (QED) is 0.361. The van der Waals surface area contributed by atoms with E-state index in [1.807, 2.05) is 30.3 Å². The molecule has 5 heteroatoms. The van der Waals surface area contributed by atoms with Crippen LogP contribution in [0.3, 0.4) is 0 Å². The summed E-state index contributed by atoms with van der Waals surface area (Å²) in [6, 6.07) is 9.76. The van der Waals surface area contributed by atoms with Crippen LogP contribution in [0.2, 0.25) is 0 Å². The number of hydrogen-bond donors (Lipinski definition) is 0. The van der Waals surface area contributed by atoms with Gasteiger partial charge in [0.05, 0.1) is 0 Å². The first kappa shape index (κ1) is 13.7. The average Bonchev–Trinajstić information content (AvgIpc) is 2.05. The maximum absolute atomic E-state index is 10.2. The van der Waals surface area contributed by atoms with Gasteiger partial charge in [-0.15, -0.1) is 11.8 Å². The van der Waals surface area contributed by atoms with E-state index in [4.69, 9.17) is 0 Å². The van der Waals surface area contributed by atoms with Gasteiger partial charge in [-0.25, -0.2) is 0 Å². The van der Waals surface area contributed by atoms with E-state index in [0.29, 0.717) is 5.75 Å². The molecule has 1 aromatic rings. The Morgan fingerprint density at radius 1 is 1.31 bits per heavy atom. The summed E-state index contributed by atoms with van der Waals surface area (Å²) in [7, 11) is 0. The number of thioether (sulfide) groups is 1. The van der Waals surface area contributed by atoms with E-state index in [-0.39, 0.29) is 35.3 Å². The SMILES string of the molecule is O=S([O-])CCSc1ccccc1.[Na+]. The smallest absolute Gasteiger partial charge is 0.772 e. The first-order valence-corrected chi connectivity index (χ1v) is 5.76. The standard InChI is InChI=1S/C8H10O2S2.Na/c9-12(10)7-6-11-8-4-2-1-3-5-8;/h1-5H,6-7H2,(H,9,10);/q;+1/p-1. The molecule has 1 atom stereocenters. The molecule has 13 heavy (non-hydrogen) atoms. The third-order valence-corrected chi connectivity index (χ3v) is 3.07. The van der Waals surface area contributed by atoms with Gasteiger partial charge >= 0.3 is 29.6 Å². The fourth-order valence-electron chi connectivity index (χ4n) is 0.744. The maximum Gasteiger partial charge on any atom is 1.00 e. The van der Waals surface area contributed by atoms with Gasteiger partial charge in [-0.2, -0.15) is 0 Å². The molecule has 0 aliphatic heterocycles. The third kappa shape index (κ3) is 6.71. The molecule has 0 saturated carbocycles. The Bertz CT molecular complexity index is 254. The molecular formula is C8H9NaO2S2. The van der Waals surface area contributed by atoms with Gasteiger partial charge in [-0.3, -0.25) is 4.21 Å². The van der Waals surface area contributed by atoms with E-state index in [1.165, 1.54) is 0 Å². The van der Waals surface area contributed by atoms with Gasteiger partial charge < -0.3 is 4.55 Å². The molecule has 0 spiro atoms. The van der Waals surface area contributed by atoms with Gasteiger partial charge in [0.1, 0.15) is 0 Å². The van der Waals surface area contributed by atoms with Gasteiger partial charge in [-0.1, -0.05) is 29.3 Å². The minimum absolute atomic E-state index is 0. The van der Waals surface area contributed by atoms with Crippen molar-refractivity contribution in [2.45, 2.75) is 4.90 Å². The van der Waals surface area contributed by atoms with Crippen molar-refractivity contribution in [1.82, 2.24) is 0 Å². The zero-order chi connectivity index (χ0) is 8.81. The van der Waals surface area contributed by atoms with Crippen LogP contribution >= 0.6 is 11.8 Å². The second kappa shape index (κ2) is 8.03. The Labute approximate surface area is 107 Å². The molecule has 0 bridgehead atoms. The van der Waals surface area contributed by atoms with Gasteiger partial charge in [0.15, 0.2) is 0 Å². The summed E-state index contributed by atoms with van der Waals surface area (Å²) in [4.78, 5) is 1.11. The second-order valence-corrected chi connectivity index (χ2v) is 4.35. The molecule has 1 unspecified atom stereocenters. The first-order valence-electron chi connectivity index (χ1n) is 3.53. The molecule has 0 aliphatic carbocycles. The Morgan fingerprint density at radius 2 is 1.92 bits per heavy atom. The van der Waals surface area contributed by atoms with Crippen molar-refractivity contribution in [3.63, 3.8) is 0 Å². The van der Waals surface area contributed by atoms with E-state index >= 15 is 0 Å². The summed E-state index contributed by atoms with van der Waals surface area (Å²) >= 11 is -0.354. The van der Waals surface area contributed by atoms with Crippen molar-refractivity contribution < 1.29 is 38.3 Å². The Balaban J connectivity index is 0.00000144. The van der Waals surface area contributed by atoms with E-state index in [2.05, 4.69) is 0 Å². The molecule has 1 aromatic carbocycles. The van der Waals surface area contributed by atoms with Crippen molar-refractivity contribution in [3.8, 4) is 0 Å². The van der Waals surface area contributed by atoms with E-state index < -0.39 is 11.1 Å². The van der Waals surface area contributed by atoms with Crippen molar-refractivity contribution in [2.75, 3.05) is 11.5 Å². The molecule has 66 valence electrons. The number of benzene rings is 1. The van der Waals surface area contributed by atoms with Crippen molar-refractivity contribution in [3.05, 3.63) is 30.3 Å². The van der Waals surface area contributed by atoms with E-state index in [1.54, 1.807) is 11.8 Å². The molecular weight excluding hydrogens is 215 g/mol. The largest absolute Gasteiger partial charge is 1.00 e. The summed E-state index contributed by atoms with van der Waals surface area (Å²) in [5.41, 5.74) is 0. The fourth-order valence-corrected chi connectivity index (χ4v) is 2.21. The molecule has 2 nitrogen and oxygen atoms in total. The predicted octanol–water partition coefficient (Wildman–Crippen LogP) is -1.34. The topological polar surface area (TPSA) is 40.1 Å². The van der Waals surface area contributed by atoms with Crippen LogP contribution in [0.15, 0.2) is 35.2 Å². The molecule has 0 N–H and O–H groups in total. The minimum atomic E-state index is -1.91. The first-order chi connectivity index (χ1) is 5.79. The molecule has 0 aliphatic rings. The number of rotatable bonds is 4. The van der Waals surface area contributed by atoms with Crippen LogP contribution in [0.25, 0.3) is 0 Å². The van der Waals surface area contributed by atoms with Crippen LogP contribution in [-0.4, -0.2) is 20.3 Å². The predicted molar refractivity (Wildman–Crippen MR) is 51.0 cm³/mol. The maximum atomic E-state index is 10.2. The van der Waals surface area contributed by atoms with Crippen LogP contribution < -0.4 is 29.6 Å². The van der Waals surface area contributed by atoms with Crippen LogP contribution in [0.1, 0.15) is 0 Å². The average molecular weight is 224 g/mol. The Morgan fingerprint density at radius 3 is 2.46 bits per heavy atom. The molecule has 1 rings (SSSR count). The second-order valence-electron chi connectivity index (χ2n) is 2.17. The molecule has 0 aromatic heterocycles. The zero-order valence-electron chi connectivity index (χ0n) is 7.43. The zero-order valence-corrected chi connectivity index (χ0v) is 11.1. The van der Waals surface area contributed by atoms with E-state index in [0.717, 1.165) is 4.90 Å². The van der Waals surface area contributed by atoms with Crippen LogP contribution in [0, 0.1) is 0 Å². The molecule has 0 saturated heterocycles. The fraction of sp³-hybridized carbons (Fsp3) is 0.250. The van der Waals surface area contributed by atoms with E-state index in [9.17, 15) is 8.76 Å². The summed E-state index contributed by atoms with van der Waals surface area (Å²) < 4.78 is 20.4. The summed E-state index contributed by atoms with van der Waals surface area (Å²) in [5.74, 6) is 0.847. The van der Waals surface area contributed by atoms with Crippen molar-refractivity contribution >= 4 is 22.8 Å². The monoisotopic (exact) mass is 224 g/mol. The molecule has 0 fully saturated rings. The molecule has 0 heterocycles. The van der Waals surface area contributed by atoms with Crippen molar-refractivity contribution in [2.24, 2.45) is 0 Å². The van der Waals surface area contributed by atoms with Crippen LogP contribution in [0.5, 0.6) is 0 Å². The van der Waals surface area contributed by atoms with Gasteiger partial charge in [0, 0.05) is 16.4 Å². The van der Waals surface area contributed by atoms with Crippen molar-refractivity contribution in [1.29, 1.82) is 0 Å². The normalized spacial score (nSPS) is 11.8. The van der Waals surface area contributed by atoms with Gasteiger partial charge in [0.25, 0.3) is 0 Å². The van der Waals surface area contributed by atoms with Gasteiger partial charge in [-0.05, 0) is 12.1 Å². The van der Waals surface area contributed by atoms with Gasteiger partial charge in [0.2, 0.25) is 0 Å². The van der Waals surface area contributed by atoms with Crippen LogP contribution in [-0.2, 0) is 11.1 Å². The summed E-state index contributed by atoms with van der Waals surface area (Å²) in [6.07, 6.45) is 0. The summed E-state index contributed by atoms with van der Waals surface area (Å²) in [5, 5.41) is 0. The van der Waals surface area contributed by atoms with Crippen LogP contribution in [0.4, 0.5) is 0 Å². The third-order valence-electron chi connectivity index (χ3n) is 1.26. The molecule has 0 amide bonds. The minimum Gasteiger partial charge on any atom is -0.772 e. The Hall–Kier alpha value is 0.680. The Kier molecular flexibility index (Phi) is 8.45. The molecule has 0 radical (unpaired) electrons. The number of hydrogen-bond acceptors (Lipinski definition) is 3.